The smallest absolute Gasteiger partial charge is 0.108 e. The van der Waals surface area contributed by atoms with Crippen LogP contribution in [0, 0.1) is 0 Å². The maximum Gasteiger partial charge on any atom is 0.108 e. The molecule has 0 saturated carbocycles. The molecule has 3 rings (SSSR count). The molecule has 1 atom stereocenters. The predicted molar refractivity (Wildman–Crippen MR) is 73.0 cm³/mol. The summed E-state index contributed by atoms with van der Waals surface area (Å²) in [5, 5.41) is 1.20. The van der Waals surface area contributed by atoms with Gasteiger partial charge in [0.1, 0.15) is 4.60 Å². The first-order valence-corrected chi connectivity index (χ1v) is 6.95. The highest BCUT2D eigenvalue weighted by Gasteiger charge is 2.25. The molecule has 1 saturated heterocycles. The van der Waals surface area contributed by atoms with Gasteiger partial charge in [-0.15, -0.1) is 0 Å². The molecule has 0 unspecified atom stereocenters. The maximum absolute atomic E-state index is 4.27. The van der Waals surface area contributed by atoms with E-state index in [0.717, 1.165) is 11.1 Å². The van der Waals surface area contributed by atoms with Crippen molar-refractivity contribution in [1.82, 2.24) is 14.9 Å². The number of rotatable bonds is 2. The van der Waals surface area contributed by atoms with Gasteiger partial charge in [0.2, 0.25) is 0 Å². The average Bonchev–Trinajstić information content (AvgIpc) is 2.93. The van der Waals surface area contributed by atoms with Crippen molar-refractivity contribution < 1.29 is 0 Å². The highest BCUT2D eigenvalue weighted by Crippen LogP contribution is 2.32. The second kappa shape index (κ2) is 4.42. The number of H-pyrrole nitrogens is 1. The number of aromatic amines is 1. The van der Waals surface area contributed by atoms with Gasteiger partial charge < -0.3 is 4.98 Å². The van der Waals surface area contributed by atoms with Gasteiger partial charge in [-0.25, -0.2) is 4.98 Å². The van der Waals surface area contributed by atoms with Crippen LogP contribution in [0.1, 0.15) is 31.5 Å². The number of pyridine rings is 1. The van der Waals surface area contributed by atoms with Crippen molar-refractivity contribution >= 4 is 26.8 Å². The number of hydrogen-bond donors (Lipinski definition) is 1. The molecular weight excluding hydrogens is 278 g/mol. The zero-order valence-corrected chi connectivity index (χ0v) is 11.5. The van der Waals surface area contributed by atoms with E-state index in [4.69, 9.17) is 0 Å². The lowest BCUT2D eigenvalue weighted by Gasteiger charge is -2.21. The summed E-state index contributed by atoms with van der Waals surface area (Å²) in [6, 6.07) is 4.85. The van der Waals surface area contributed by atoms with Crippen molar-refractivity contribution in [1.29, 1.82) is 0 Å². The number of aromatic nitrogens is 2. The third-order valence-electron chi connectivity index (χ3n) is 3.62. The molecule has 3 nitrogen and oxygen atoms in total. The van der Waals surface area contributed by atoms with E-state index in [0.29, 0.717) is 6.04 Å². The van der Waals surface area contributed by atoms with Crippen molar-refractivity contribution in [2.75, 3.05) is 13.1 Å². The number of nitrogens with zero attached hydrogens (tertiary/aromatic N) is 2. The largest absolute Gasteiger partial charge is 0.357 e. The molecule has 0 aliphatic carbocycles. The summed E-state index contributed by atoms with van der Waals surface area (Å²) >= 11 is 3.41. The zero-order valence-electron chi connectivity index (χ0n) is 9.91. The van der Waals surface area contributed by atoms with Gasteiger partial charge in [0.15, 0.2) is 0 Å². The second-order valence-corrected chi connectivity index (χ2v) is 5.42. The molecule has 1 fully saturated rings. The molecule has 3 heterocycles. The van der Waals surface area contributed by atoms with Gasteiger partial charge in [-0.1, -0.05) is 6.92 Å². The molecule has 1 aliphatic rings. The average molecular weight is 294 g/mol. The Labute approximate surface area is 109 Å². The van der Waals surface area contributed by atoms with Crippen molar-refractivity contribution in [2.24, 2.45) is 0 Å². The van der Waals surface area contributed by atoms with E-state index in [1.807, 2.05) is 12.3 Å². The summed E-state index contributed by atoms with van der Waals surface area (Å²) in [7, 11) is 0. The van der Waals surface area contributed by atoms with Crippen molar-refractivity contribution in [3.63, 3.8) is 0 Å². The first-order valence-electron chi connectivity index (χ1n) is 6.16. The third-order valence-corrected chi connectivity index (χ3v) is 4.05. The minimum Gasteiger partial charge on any atom is -0.357 e. The summed E-state index contributed by atoms with van der Waals surface area (Å²) in [5.74, 6) is 0. The van der Waals surface area contributed by atoms with Crippen LogP contribution >= 0.6 is 15.9 Å². The highest BCUT2D eigenvalue weighted by molar-refractivity contribution is 9.10. The number of nitrogens with one attached hydrogen (secondary N) is 1. The topological polar surface area (TPSA) is 31.9 Å². The van der Waals surface area contributed by atoms with Crippen LogP contribution in [0.3, 0.4) is 0 Å². The van der Waals surface area contributed by atoms with Gasteiger partial charge in [0.05, 0.1) is 0 Å². The third kappa shape index (κ3) is 2.00. The van der Waals surface area contributed by atoms with Crippen molar-refractivity contribution in [3.05, 3.63) is 28.6 Å². The fourth-order valence-electron chi connectivity index (χ4n) is 2.76. The van der Waals surface area contributed by atoms with Gasteiger partial charge in [0.25, 0.3) is 0 Å². The molecule has 17 heavy (non-hydrogen) atoms. The van der Waals surface area contributed by atoms with E-state index in [-0.39, 0.29) is 0 Å². The summed E-state index contributed by atoms with van der Waals surface area (Å²) in [6.07, 6.45) is 4.48. The SMILES string of the molecule is CCN1CCC[C@@H]1c1cc2cnc(Br)cc2[nH]1. The van der Waals surface area contributed by atoms with Gasteiger partial charge in [-0.05, 0) is 54.0 Å². The maximum atomic E-state index is 4.27. The number of halogens is 1. The summed E-state index contributed by atoms with van der Waals surface area (Å²) < 4.78 is 0.886. The molecule has 2 aromatic heterocycles. The molecule has 2 aromatic rings. The van der Waals surface area contributed by atoms with Crippen molar-refractivity contribution in [2.45, 2.75) is 25.8 Å². The Morgan fingerprint density at radius 1 is 1.53 bits per heavy atom. The van der Waals surface area contributed by atoms with Crippen LogP contribution in [-0.2, 0) is 0 Å². The molecule has 1 aliphatic heterocycles. The molecule has 0 spiro atoms. The van der Waals surface area contributed by atoms with Crippen LogP contribution < -0.4 is 0 Å². The first-order chi connectivity index (χ1) is 8.28. The molecule has 0 radical (unpaired) electrons. The van der Waals surface area contributed by atoms with Crippen LogP contribution in [0.2, 0.25) is 0 Å². The monoisotopic (exact) mass is 293 g/mol. The zero-order chi connectivity index (χ0) is 11.8. The Balaban J connectivity index is 2.00. The Kier molecular flexibility index (Phi) is 2.92. The molecule has 1 N–H and O–H groups in total. The van der Waals surface area contributed by atoms with E-state index < -0.39 is 0 Å². The molecule has 4 heteroatoms. The van der Waals surface area contributed by atoms with Crippen LogP contribution in [0.15, 0.2) is 22.9 Å². The first kappa shape index (κ1) is 11.2. The van der Waals surface area contributed by atoms with Gasteiger partial charge in [-0.3, -0.25) is 4.90 Å². The van der Waals surface area contributed by atoms with Crippen LogP contribution in [0.4, 0.5) is 0 Å². The second-order valence-electron chi connectivity index (χ2n) is 4.61. The van der Waals surface area contributed by atoms with E-state index in [9.17, 15) is 0 Å². The summed E-state index contributed by atoms with van der Waals surface area (Å²) in [4.78, 5) is 10.3. The molecule has 0 amide bonds. The van der Waals surface area contributed by atoms with Crippen LogP contribution in [-0.4, -0.2) is 28.0 Å². The van der Waals surface area contributed by atoms with E-state index in [1.165, 1.54) is 36.0 Å². The highest BCUT2D eigenvalue weighted by atomic mass is 79.9. The van der Waals surface area contributed by atoms with E-state index in [1.54, 1.807) is 0 Å². The number of likely N-dealkylation sites (tertiary alicyclic amines) is 1. The predicted octanol–water partition coefficient (Wildman–Crippen LogP) is 3.48. The minimum atomic E-state index is 0.561. The normalized spacial score (nSPS) is 21.4. The Hall–Kier alpha value is -0.870. The van der Waals surface area contributed by atoms with Crippen LogP contribution in [0.25, 0.3) is 10.9 Å². The molecular formula is C13H16BrN3. The van der Waals surface area contributed by atoms with Gasteiger partial charge in [-0.2, -0.15) is 0 Å². The van der Waals surface area contributed by atoms with E-state index >= 15 is 0 Å². The van der Waals surface area contributed by atoms with Crippen molar-refractivity contribution in [3.8, 4) is 0 Å². The minimum absolute atomic E-state index is 0.561. The van der Waals surface area contributed by atoms with E-state index in [2.05, 4.69) is 43.8 Å². The summed E-state index contributed by atoms with van der Waals surface area (Å²) in [6.45, 7) is 4.58. The molecule has 90 valence electrons. The van der Waals surface area contributed by atoms with Crippen LogP contribution in [0.5, 0.6) is 0 Å². The Morgan fingerprint density at radius 2 is 2.41 bits per heavy atom. The number of fused-ring (bicyclic) bond motifs is 1. The Morgan fingerprint density at radius 3 is 3.24 bits per heavy atom. The summed E-state index contributed by atoms with van der Waals surface area (Å²) in [5.41, 5.74) is 2.50. The fraction of sp³-hybridized carbons (Fsp3) is 0.462. The van der Waals surface area contributed by atoms with Gasteiger partial charge in [0, 0.05) is 28.8 Å². The lowest BCUT2D eigenvalue weighted by Crippen LogP contribution is -2.22. The Bertz CT molecular complexity index is 534. The standard InChI is InChI=1S/C13H16BrN3/c1-2-17-5-3-4-12(17)11-6-9-8-15-13(14)7-10(9)16-11/h6-8,12,16H,2-5H2,1H3/t12-/m1/s1. The number of hydrogen-bond acceptors (Lipinski definition) is 2. The van der Waals surface area contributed by atoms with Gasteiger partial charge >= 0.3 is 0 Å². The fourth-order valence-corrected chi connectivity index (χ4v) is 3.09. The lowest BCUT2D eigenvalue weighted by molar-refractivity contribution is 0.268. The lowest BCUT2D eigenvalue weighted by atomic mass is 10.1. The quantitative estimate of drug-likeness (QED) is 0.860. The molecule has 0 bridgehead atoms. The molecule has 0 aromatic carbocycles.